The summed E-state index contributed by atoms with van der Waals surface area (Å²) in [7, 11) is 1.37. The third-order valence-corrected chi connectivity index (χ3v) is 5.58. The summed E-state index contributed by atoms with van der Waals surface area (Å²) in [5.41, 5.74) is 0.200. The molecule has 0 radical (unpaired) electrons. The monoisotopic (exact) mass is 382 g/mol. The minimum atomic E-state index is -1.72. The molecule has 7 heteroatoms. The van der Waals surface area contributed by atoms with Crippen molar-refractivity contribution in [2.24, 2.45) is 0 Å². The molecule has 2 unspecified atom stereocenters. The Bertz CT molecular complexity index is 929. The molecule has 0 spiro atoms. The summed E-state index contributed by atoms with van der Waals surface area (Å²) in [5.74, 6) is -2.07. The van der Waals surface area contributed by atoms with Gasteiger partial charge in [0.1, 0.15) is 12.6 Å². The standard InChI is InChI=1S/C21H22N2O5/c1-14-18(24)23-17-12-8-7-11-16(17)20(2,26)21(23,27-3)22(14)19(25)28-13-15-9-5-4-6-10-15/h4-12,14,26H,13H2,1-3H3/t14-,20?,21?/m0/s1. The summed E-state index contributed by atoms with van der Waals surface area (Å²) in [4.78, 5) is 28.7. The molecule has 2 aromatic carbocycles. The van der Waals surface area contributed by atoms with Gasteiger partial charge in [0.15, 0.2) is 5.60 Å². The van der Waals surface area contributed by atoms with Gasteiger partial charge in [-0.15, -0.1) is 0 Å². The maximum Gasteiger partial charge on any atom is 0.414 e. The molecule has 3 atom stereocenters. The lowest BCUT2D eigenvalue weighted by atomic mass is 9.92. The van der Waals surface area contributed by atoms with Gasteiger partial charge in [-0.1, -0.05) is 48.5 Å². The van der Waals surface area contributed by atoms with E-state index in [0.717, 1.165) is 5.56 Å². The molecule has 1 N–H and O–H groups in total. The molecule has 1 saturated heterocycles. The highest BCUT2D eigenvalue weighted by Gasteiger charge is 2.72. The first kappa shape index (κ1) is 18.5. The van der Waals surface area contributed by atoms with Crippen LogP contribution in [-0.4, -0.2) is 41.0 Å². The van der Waals surface area contributed by atoms with E-state index >= 15 is 0 Å². The Morgan fingerprint density at radius 2 is 1.79 bits per heavy atom. The SMILES string of the molecule is COC12N(C(=O)[C@H](C)N1C(=O)OCc1ccccc1)c1ccccc1C2(C)O. The Labute approximate surface area is 163 Å². The van der Waals surface area contributed by atoms with Gasteiger partial charge in [-0.2, -0.15) is 0 Å². The molecular formula is C21H22N2O5. The Morgan fingerprint density at radius 1 is 1.14 bits per heavy atom. The maximum absolute atomic E-state index is 13.1. The summed E-state index contributed by atoms with van der Waals surface area (Å²) < 4.78 is 11.2. The average Bonchev–Trinajstić information content (AvgIpc) is 3.06. The van der Waals surface area contributed by atoms with E-state index in [-0.39, 0.29) is 12.5 Å². The Morgan fingerprint density at radius 3 is 2.46 bits per heavy atom. The van der Waals surface area contributed by atoms with Crippen LogP contribution in [0.2, 0.25) is 0 Å². The predicted octanol–water partition coefficient (Wildman–Crippen LogP) is 2.58. The number of nitrogens with zero attached hydrogens (tertiary/aromatic N) is 2. The molecule has 7 nitrogen and oxygen atoms in total. The molecule has 0 saturated carbocycles. The van der Waals surface area contributed by atoms with Crippen molar-refractivity contribution in [2.75, 3.05) is 12.0 Å². The number of carbonyl (C=O) groups excluding carboxylic acids is 2. The largest absolute Gasteiger partial charge is 0.444 e. The van der Waals surface area contributed by atoms with Crippen LogP contribution in [0, 0.1) is 0 Å². The number of hydrogen-bond donors (Lipinski definition) is 1. The summed E-state index contributed by atoms with van der Waals surface area (Å²) in [5, 5.41) is 11.4. The third-order valence-electron chi connectivity index (χ3n) is 5.58. The van der Waals surface area contributed by atoms with Crippen LogP contribution in [0.1, 0.15) is 25.0 Å². The van der Waals surface area contributed by atoms with E-state index in [1.165, 1.54) is 23.8 Å². The number of anilines is 1. The number of aliphatic hydroxyl groups is 1. The van der Waals surface area contributed by atoms with Gasteiger partial charge < -0.3 is 14.6 Å². The van der Waals surface area contributed by atoms with Gasteiger partial charge in [0.05, 0.1) is 5.69 Å². The molecule has 0 bridgehead atoms. The second-order valence-corrected chi connectivity index (χ2v) is 7.16. The minimum absolute atomic E-state index is 0.0476. The molecule has 146 valence electrons. The fraction of sp³-hybridized carbons (Fsp3) is 0.333. The zero-order chi connectivity index (χ0) is 20.1. The lowest BCUT2D eigenvalue weighted by Gasteiger charge is -2.44. The molecule has 4 rings (SSSR count). The Kier molecular flexibility index (Phi) is 4.17. The average molecular weight is 382 g/mol. The van der Waals surface area contributed by atoms with Gasteiger partial charge in [0.2, 0.25) is 0 Å². The number of rotatable bonds is 3. The van der Waals surface area contributed by atoms with Crippen molar-refractivity contribution in [1.29, 1.82) is 0 Å². The Hall–Kier alpha value is -2.90. The van der Waals surface area contributed by atoms with E-state index in [4.69, 9.17) is 9.47 Å². The number of fused-ring (bicyclic) bond motifs is 3. The fourth-order valence-electron chi connectivity index (χ4n) is 4.27. The second-order valence-electron chi connectivity index (χ2n) is 7.16. The molecule has 0 aromatic heterocycles. The van der Waals surface area contributed by atoms with Crippen LogP contribution >= 0.6 is 0 Å². The predicted molar refractivity (Wildman–Crippen MR) is 101 cm³/mol. The molecular weight excluding hydrogens is 360 g/mol. The van der Waals surface area contributed by atoms with Gasteiger partial charge in [-0.25, -0.2) is 9.69 Å². The maximum atomic E-state index is 13.1. The van der Waals surface area contributed by atoms with Crippen molar-refractivity contribution in [3.63, 3.8) is 0 Å². The van der Waals surface area contributed by atoms with Crippen LogP contribution in [0.25, 0.3) is 0 Å². The van der Waals surface area contributed by atoms with Gasteiger partial charge in [0.25, 0.3) is 11.8 Å². The highest BCUT2D eigenvalue weighted by Crippen LogP contribution is 2.56. The highest BCUT2D eigenvalue weighted by atomic mass is 16.6. The van der Waals surface area contributed by atoms with Crippen molar-refractivity contribution in [1.82, 2.24) is 4.90 Å². The number of methoxy groups -OCH3 is 1. The molecule has 2 heterocycles. The first-order valence-electron chi connectivity index (χ1n) is 9.07. The first-order valence-corrected chi connectivity index (χ1v) is 9.07. The zero-order valence-corrected chi connectivity index (χ0v) is 16.0. The minimum Gasteiger partial charge on any atom is -0.444 e. The molecule has 2 amide bonds. The van der Waals surface area contributed by atoms with E-state index in [1.807, 2.05) is 30.3 Å². The summed E-state index contributed by atoms with van der Waals surface area (Å²) in [6.07, 6.45) is -0.734. The summed E-state index contributed by atoms with van der Waals surface area (Å²) >= 11 is 0. The third kappa shape index (κ3) is 2.23. The summed E-state index contributed by atoms with van der Waals surface area (Å²) in [6, 6.07) is 15.4. The van der Waals surface area contributed by atoms with Gasteiger partial charge >= 0.3 is 6.09 Å². The smallest absolute Gasteiger partial charge is 0.414 e. The topological polar surface area (TPSA) is 79.3 Å². The van der Waals surface area contributed by atoms with Crippen LogP contribution in [-0.2, 0) is 26.5 Å². The first-order chi connectivity index (χ1) is 13.4. The van der Waals surface area contributed by atoms with Crippen molar-refractivity contribution in [3.05, 3.63) is 65.7 Å². The molecule has 2 aliphatic rings. The molecule has 28 heavy (non-hydrogen) atoms. The van der Waals surface area contributed by atoms with E-state index in [9.17, 15) is 14.7 Å². The van der Waals surface area contributed by atoms with Gasteiger partial charge in [-0.3, -0.25) is 9.69 Å². The number of benzene rings is 2. The number of ether oxygens (including phenoxy) is 2. The van der Waals surface area contributed by atoms with Crippen molar-refractivity contribution in [3.8, 4) is 0 Å². The van der Waals surface area contributed by atoms with E-state index in [0.29, 0.717) is 11.3 Å². The number of carbonyl (C=O) groups is 2. The zero-order valence-electron chi connectivity index (χ0n) is 16.0. The van der Waals surface area contributed by atoms with Crippen LogP contribution in [0.4, 0.5) is 10.5 Å². The lowest BCUT2D eigenvalue weighted by Crippen LogP contribution is -2.65. The van der Waals surface area contributed by atoms with E-state index < -0.39 is 23.6 Å². The quantitative estimate of drug-likeness (QED) is 0.883. The van der Waals surface area contributed by atoms with Gasteiger partial charge in [0, 0.05) is 12.7 Å². The van der Waals surface area contributed by atoms with E-state index in [1.54, 1.807) is 31.2 Å². The fourth-order valence-corrected chi connectivity index (χ4v) is 4.27. The summed E-state index contributed by atoms with van der Waals surface area (Å²) in [6.45, 7) is 3.19. The van der Waals surface area contributed by atoms with Crippen molar-refractivity contribution >= 4 is 17.7 Å². The van der Waals surface area contributed by atoms with Crippen LogP contribution in [0.3, 0.4) is 0 Å². The number of para-hydroxylation sites is 1. The molecule has 1 fully saturated rings. The lowest BCUT2D eigenvalue weighted by molar-refractivity contribution is -0.217. The van der Waals surface area contributed by atoms with Crippen LogP contribution in [0.5, 0.6) is 0 Å². The highest BCUT2D eigenvalue weighted by molar-refractivity contribution is 6.05. The van der Waals surface area contributed by atoms with Crippen molar-refractivity contribution < 1.29 is 24.2 Å². The van der Waals surface area contributed by atoms with Gasteiger partial charge in [-0.05, 0) is 25.5 Å². The molecule has 2 aromatic rings. The van der Waals surface area contributed by atoms with Crippen LogP contribution in [0.15, 0.2) is 54.6 Å². The van der Waals surface area contributed by atoms with E-state index in [2.05, 4.69) is 0 Å². The van der Waals surface area contributed by atoms with Crippen molar-refractivity contribution in [2.45, 2.75) is 37.9 Å². The molecule has 0 aliphatic carbocycles. The number of hydrogen-bond acceptors (Lipinski definition) is 5. The normalized spacial score (nSPS) is 28.3. The second kappa shape index (κ2) is 6.32. The number of amides is 2. The molecule has 2 aliphatic heterocycles. The Balaban J connectivity index is 1.74. The van der Waals surface area contributed by atoms with Crippen LogP contribution < -0.4 is 4.90 Å².